The molecule has 0 N–H and O–H groups in total. The zero-order valence-corrected chi connectivity index (χ0v) is 13.6. The number of methoxy groups -OCH3 is 1. The summed E-state index contributed by atoms with van der Waals surface area (Å²) in [5.41, 5.74) is 0.101. The van der Waals surface area contributed by atoms with E-state index in [9.17, 15) is 23.2 Å². The molecule has 3 amide bonds. The molecule has 3 heterocycles. The minimum absolute atomic E-state index is 0.101. The number of alkyl halides is 2. The zero-order chi connectivity index (χ0) is 18.6. The number of nitrogens with zero attached hydrogens (tertiary/aromatic N) is 2. The molecule has 3 aliphatic heterocycles. The number of hydrogen-bond acceptors (Lipinski definition) is 6. The maximum absolute atomic E-state index is 13.1. The van der Waals surface area contributed by atoms with Crippen molar-refractivity contribution < 1.29 is 37.4 Å². The molecule has 0 spiro atoms. The van der Waals surface area contributed by atoms with Crippen LogP contribution in [0.25, 0.3) is 0 Å². The number of imide groups is 1. The summed E-state index contributed by atoms with van der Waals surface area (Å²) in [6.45, 7) is 0.230. The van der Waals surface area contributed by atoms with Crippen molar-refractivity contribution in [3.63, 3.8) is 0 Å². The highest BCUT2D eigenvalue weighted by Crippen LogP contribution is 2.44. The van der Waals surface area contributed by atoms with E-state index >= 15 is 0 Å². The van der Waals surface area contributed by atoms with Crippen LogP contribution in [0.3, 0.4) is 0 Å². The molecule has 2 saturated heterocycles. The first-order valence-electron chi connectivity index (χ1n) is 7.93. The summed E-state index contributed by atoms with van der Waals surface area (Å²) in [6.07, 6.45) is -3.23. The first-order chi connectivity index (χ1) is 12.3. The van der Waals surface area contributed by atoms with Crippen molar-refractivity contribution in [3.05, 3.63) is 18.2 Å². The van der Waals surface area contributed by atoms with Gasteiger partial charge in [-0.05, 0) is 25.0 Å². The average molecular weight is 368 g/mol. The van der Waals surface area contributed by atoms with Gasteiger partial charge in [-0.15, -0.1) is 8.78 Å². The second kappa shape index (κ2) is 5.55. The number of piperidine rings is 1. The SMILES string of the molecule is COC(=O)C1CCN2C(=O)N(c3ccc4c(c3)OC(F)(F)O4)C(=O)C2C1. The van der Waals surface area contributed by atoms with Crippen molar-refractivity contribution in [1.82, 2.24) is 4.90 Å². The number of carbonyl (C=O) groups is 3. The molecule has 0 aromatic heterocycles. The molecule has 1 aromatic carbocycles. The molecule has 2 fully saturated rings. The molecule has 0 bridgehead atoms. The van der Waals surface area contributed by atoms with Crippen LogP contribution in [0.4, 0.5) is 19.3 Å². The second-order valence-corrected chi connectivity index (χ2v) is 6.21. The molecule has 1 aromatic rings. The van der Waals surface area contributed by atoms with E-state index in [1.54, 1.807) is 0 Å². The topological polar surface area (TPSA) is 85.4 Å². The standard InChI is InChI=1S/C16H14F2N2O6/c1-24-14(22)8-4-5-19-10(6-8)13(21)20(15(19)23)9-2-3-11-12(7-9)26-16(17,18)25-11/h2-3,7-8,10H,4-6H2,1H3. The Kier molecular flexibility index (Phi) is 3.53. The van der Waals surface area contributed by atoms with Crippen LogP contribution >= 0.6 is 0 Å². The van der Waals surface area contributed by atoms with Gasteiger partial charge < -0.3 is 19.1 Å². The van der Waals surface area contributed by atoms with E-state index in [1.807, 2.05) is 0 Å². The first-order valence-corrected chi connectivity index (χ1v) is 7.93. The lowest BCUT2D eigenvalue weighted by Gasteiger charge is -2.30. The quantitative estimate of drug-likeness (QED) is 0.584. The molecule has 0 aliphatic carbocycles. The molecule has 2 unspecified atom stereocenters. The molecule has 3 aliphatic rings. The predicted octanol–water partition coefficient (Wildman–Crippen LogP) is 1.73. The monoisotopic (exact) mass is 368 g/mol. The van der Waals surface area contributed by atoms with Gasteiger partial charge in [-0.3, -0.25) is 9.59 Å². The number of urea groups is 1. The summed E-state index contributed by atoms with van der Waals surface area (Å²) < 4.78 is 39.7. The van der Waals surface area contributed by atoms with E-state index in [2.05, 4.69) is 9.47 Å². The highest BCUT2D eigenvalue weighted by molar-refractivity contribution is 6.21. The van der Waals surface area contributed by atoms with E-state index in [-0.39, 0.29) is 30.2 Å². The number of benzene rings is 1. The van der Waals surface area contributed by atoms with Gasteiger partial charge in [0.1, 0.15) is 6.04 Å². The molecule has 2 atom stereocenters. The lowest BCUT2D eigenvalue weighted by molar-refractivity contribution is -0.286. The lowest BCUT2D eigenvalue weighted by atomic mass is 9.91. The molecule has 10 heteroatoms. The Labute approximate surface area is 146 Å². The lowest BCUT2D eigenvalue weighted by Crippen LogP contribution is -2.44. The Bertz CT molecular complexity index is 814. The maximum Gasteiger partial charge on any atom is 0.586 e. The fraction of sp³-hybridized carbons (Fsp3) is 0.438. The second-order valence-electron chi connectivity index (χ2n) is 6.21. The molecular weight excluding hydrogens is 354 g/mol. The van der Waals surface area contributed by atoms with E-state index in [0.29, 0.717) is 6.42 Å². The number of rotatable bonds is 2. The van der Waals surface area contributed by atoms with Crippen molar-refractivity contribution in [1.29, 1.82) is 0 Å². The number of ether oxygens (including phenoxy) is 3. The Hall–Kier alpha value is -2.91. The van der Waals surface area contributed by atoms with Gasteiger partial charge >= 0.3 is 18.3 Å². The Morgan fingerprint density at radius 2 is 2.00 bits per heavy atom. The van der Waals surface area contributed by atoms with Crippen LogP contribution in [-0.4, -0.2) is 48.8 Å². The summed E-state index contributed by atoms with van der Waals surface area (Å²) in [5, 5.41) is 0. The minimum atomic E-state index is -3.79. The van der Waals surface area contributed by atoms with Crippen LogP contribution < -0.4 is 14.4 Å². The van der Waals surface area contributed by atoms with Crippen LogP contribution in [0.15, 0.2) is 18.2 Å². The molecule has 0 radical (unpaired) electrons. The molecule has 138 valence electrons. The fourth-order valence-corrected chi connectivity index (χ4v) is 3.50. The van der Waals surface area contributed by atoms with Crippen molar-refractivity contribution in [2.45, 2.75) is 25.2 Å². The minimum Gasteiger partial charge on any atom is -0.469 e. The smallest absolute Gasteiger partial charge is 0.469 e. The number of amides is 3. The summed E-state index contributed by atoms with van der Waals surface area (Å²) in [5.74, 6) is -1.84. The average Bonchev–Trinajstić information content (AvgIpc) is 3.05. The van der Waals surface area contributed by atoms with E-state index in [1.165, 1.54) is 24.1 Å². The van der Waals surface area contributed by atoms with Gasteiger partial charge in [0.05, 0.1) is 18.7 Å². The normalized spacial score (nSPS) is 26.1. The van der Waals surface area contributed by atoms with E-state index in [4.69, 9.17) is 4.74 Å². The highest BCUT2D eigenvalue weighted by Gasteiger charge is 2.50. The number of esters is 1. The van der Waals surface area contributed by atoms with Gasteiger partial charge in [0, 0.05) is 12.6 Å². The maximum atomic E-state index is 13.1. The highest BCUT2D eigenvalue weighted by atomic mass is 19.3. The van der Waals surface area contributed by atoms with Crippen LogP contribution in [-0.2, 0) is 14.3 Å². The third-order valence-electron chi connectivity index (χ3n) is 4.72. The van der Waals surface area contributed by atoms with Crippen LogP contribution in [0.1, 0.15) is 12.8 Å². The van der Waals surface area contributed by atoms with Crippen molar-refractivity contribution in [3.8, 4) is 11.5 Å². The van der Waals surface area contributed by atoms with Crippen LogP contribution in [0.5, 0.6) is 11.5 Å². The zero-order valence-electron chi connectivity index (χ0n) is 13.6. The van der Waals surface area contributed by atoms with Crippen molar-refractivity contribution in [2.75, 3.05) is 18.6 Å². The Morgan fingerprint density at radius 3 is 2.73 bits per heavy atom. The predicted molar refractivity (Wildman–Crippen MR) is 80.8 cm³/mol. The van der Waals surface area contributed by atoms with E-state index in [0.717, 1.165) is 11.0 Å². The molecule has 4 rings (SSSR count). The van der Waals surface area contributed by atoms with Gasteiger partial charge in [-0.25, -0.2) is 9.69 Å². The van der Waals surface area contributed by atoms with Crippen molar-refractivity contribution in [2.24, 2.45) is 5.92 Å². The van der Waals surface area contributed by atoms with E-state index < -0.39 is 36.2 Å². The van der Waals surface area contributed by atoms with Gasteiger partial charge in [0.15, 0.2) is 11.5 Å². The van der Waals surface area contributed by atoms with Gasteiger partial charge in [0.2, 0.25) is 0 Å². The van der Waals surface area contributed by atoms with Crippen LogP contribution in [0, 0.1) is 5.92 Å². The van der Waals surface area contributed by atoms with Crippen LogP contribution in [0.2, 0.25) is 0 Å². The first kappa shape index (κ1) is 16.6. The number of anilines is 1. The van der Waals surface area contributed by atoms with Gasteiger partial charge in [-0.2, -0.15) is 0 Å². The third-order valence-corrected chi connectivity index (χ3v) is 4.72. The molecule has 0 saturated carbocycles. The summed E-state index contributed by atoms with van der Waals surface area (Å²) >= 11 is 0. The summed E-state index contributed by atoms with van der Waals surface area (Å²) in [4.78, 5) is 39.4. The largest absolute Gasteiger partial charge is 0.586 e. The number of hydrogen-bond donors (Lipinski definition) is 0. The fourth-order valence-electron chi connectivity index (χ4n) is 3.50. The van der Waals surface area contributed by atoms with Gasteiger partial charge in [-0.1, -0.05) is 0 Å². The van der Waals surface area contributed by atoms with Gasteiger partial charge in [0.25, 0.3) is 5.91 Å². The van der Waals surface area contributed by atoms with Crippen molar-refractivity contribution >= 4 is 23.6 Å². The Balaban J connectivity index is 1.60. The molecule has 8 nitrogen and oxygen atoms in total. The Morgan fingerprint density at radius 1 is 1.27 bits per heavy atom. The molecule has 26 heavy (non-hydrogen) atoms. The summed E-state index contributed by atoms with van der Waals surface area (Å²) in [6, 6.07) is 2.35. The third kappa shape index (κ3) is 2.44. The number of carbonyl (C=O) groups excluding carboxylic acids is 3. The number of halogens is 2. The molecular formula is C16H14F2N2O6. The summed E-state index contributed by atoms with van der Waals surface area (Å²) in [7, 11) is 1.27. The number of fused-ring (bicyclic) bond motifs is 2.